The van der Waals surface area contributed by atoms with Gasteiger partial charge in [-0.05, 0) is 29.8 Å². The first-order valence-electron chi connectivity index (χ1n) is 7.42. The number of rotatable bonds is 5. The van der Waals surface area contributed by atoms with Crippen LogP contribution in [0.4, 0.5) is 4.39 Å². The smallest absolute Gasteiger partial charge is 0.191 e. The van der Waals surface area contributed by atoms with Crippen molar-refractivity contribution >= 4 is 5.96 Å². The Hall–Kier alpha value is -3.07. The van der Waals surface area contributed by atoms with Crippen LogP contribution in [0.3, 0.4) is 0 Å². The number of nitriles is 1. The van der Waals surface area contributed by atoms with E-state index < -0.39 is 5.82 Å². The number of ether oxygens (including phenoxy) is 1. The van der Waals surface area contributed by atoms with E-state index in [-0.39, 0.29) is 6.54 Å². The molecule has 2 rings (SSSR count). The van der Waals surface area contributed by atoms with Crippen molar-refractivity contribution in [3.63, 3.8) is 0 Å². The molecule has 0 heterocycles. The summed E-state index contributed by atoms with van der Waals surface area (Å²) in [6.45, 7) is 0.860. The summed E-state index contributed by atoms with van der Waals surface area (Å²) in [5, 5.41) is 15.0. The molecule has 0 saturated heterocycles. The predicted octanol–water partition coefficient (Wildman–Crippen LogP) is 2.57. The van der Waals surface area contributed by atoms with E-state index >= 15 is 0 Å². The van der Waals surface area contributed by atoms with Crippen LogP contribution in [0.2, 0.25) is 0 Å². The van der Waals surface area contributed by atoms with Crippen molar-refractivity contribution in [2.24, 2.45) is 4.99 Å². The molecular formula is C18H19FN4O. The fourth-order valence-corrected chi connectivity index (χ4v) is 2.09. The van der Waals surface area contributed by atoms with Crippen molar-refractivity contribution in [1.82, 2.24) is 10.6 Å². The second-order valence-electron chi connectivity index (χ2n) is 5.05. The van der Waals surface area contributed by atoms with Crippen LogP contribution < -0.4 is 15.4 Å². The van der Waals surface area contributed by atoms with Gasteiger partial charge in [0.2, 0.25) is 0 Å². The fourth-order valence-electron chi connectivity index (χ4n) is 2.09. The standard InChI is InChI=1S/C18H19FN4O/c1-21-18(22-11-13-4-7-16(24-2)8-5-13)23-12-15-6-3-14(10-20)9-17(15)19/h3-9H,11-12H2,1-2H3,(H2,21,22,23). The molecule has 0 aliphatic rings. The van der Waals surface area contributed by atoms with Crippen LogP contribution in [0.25, 0.3) is 0 Å². The minimum atomic E-state index is -0.410. The van der Waals surface area contributed by atoms with Gasteiger partial charge in [0, 0.05) is 25.7 Å². The molecule has 124 valence electrons. The topological polar surface area (TPSA) is 69.4 Å². The van der Waals surface area contributed by atoms with Gasteiger partial charge in [-0.3, -0.25) is 4.99 Å². The molecule has 0 spiro atoms. The highest BCUT2D eigenvalue weighted by atomic mass is 19.1. The lowest BCUT2D eigenvalue weighted by atomic mass is 10.1. The van der Waals surface area contributed by atoms with Gasteiger partial charge in [-0.2, -0.15) is 5.26 Å². The van der Waals surface area contributed by atoms with Crippen molar-refractivity contribution in [2.45, 2.75) is 13.1 Å². The lowest BCUT2D eigenvalue weighted by molar-refractivity contribution is 0.414. The molecule has 2 N–H and O–H groups in total. The van der Waals surface area contributed by atoms with Gasteiger partial charge in [0.25, 0.3) is 0 Å². The second kappa shape index (κ2) is 8.53. The third-order valence-electron chi connectivity index (χ3n) is 3.47. The van der Waals surface area contributed by atoms with Crippen molar-refractivity contribution in [2.75, 3.05) is 14.2 Å². The zero-order valence-corrected chi connectivity index (χ0v) is 13.6. The number of hydrogen-bond acceptors (Lipinski definition) is 3. The van der Waals surface area contributed by atoms with Crippen LogP contribution in [0.15, 0.2) is 47.5 Å². The van der Waals surface area contributed by atoms with Gasteiger partial charge < -0.3 is 15.4 Å². The first-order valence-corrected chi connectivity index (χ1v) is 7.42. The molecular weight excluding hydrogens is 307 g/mol. The molecule has 5 nitrogen and oxygen atoms in total. The third-order valence-corrected chi connectivity index (χ3v) is 3.47. The summed E-state index contributed by atoms with van der Waals surface area (Å²) in [6, 6.07) is 14.0. The summed E-state index contributed by atoms with van der Waals surface area (Å²) in [4.78, 5) is 4.11. The lowest BCUT2D eigenvalue weighted by Crippen LogP contribution is -2.36. The molecule has 0 radical (unpaired) electrons. The van der Waals surface area contributed by atoms with Crippen LogP contribution >= 0.6 is 0 Å². The van der Waals surface area contributed by atoms with Gasteiger partial charge in [0.05, 0.1) is 18.7 Å². The van der Waals surface area contributed by atoms with Gasteiger partial charge >= 0.3 is 0 Å². The maximum absolute atomic E-state index is 13.9. The summed E-state index contributed by atoms with van der Waals surface area (Å²) in [5.74, 6) is 0.958. The number of aliphatic imine (C=N–C) groups is 1. The van der Waals surface area contributed by atoms with Crippen molar-refractivity contribution in [1.29, 1.82) is 5.26 Å². The Bertz CT molecular complexity index is 751. The molecule has 0 aromatic heterocycles. The van der Waals surface area contributed by atoms with Crippen LogP contribution in [-0.4, -0.2) is 20.1 Å². The maximum atomic E-state index is 13.9. The summed E-state index contributed by atoms with van der Waals surface area (Å²) < 4.78 is 19.0. The van der Waals surface area contributed by atoms with E-state index in [1.165, 1.54) is 6.07 Å². The quantitative estimate of drug-likeness (QED) is 0.654. The summed E-state index contributed by atoms with van der Waals surface area (Å²) in [6.07, 6.45) is 0. The molecule has 0 aliphatic carbocycles. The molecule has 0 atom stereocenters. The SMILES string of the molecule is CN=C(NCc1ccc(OC)cc1)NCc1ccc(C#N)cc1F. The normalized spacial score (nSPS) is 10.8. The number of guanidine groups is 1. The molecule has 2 aromatic rings. The van der Waals surface area contributed by atoms with E-state index in [4.69, 9.17) is 10.00 Å². The first-order chi connectivity index (χ1) is 11.7. The van der Waals surface area contributed by atoms with E-state index in [2.05, 4.69) is 15.6 Å². The fraction of sp³-hybridized carbons (Fsp3) is 0.222. The minimum absolute atomic E-state index is 0.278. The Morgan fingerprint density at radius 1 is 1.17 bits per heavy atom. The van der Waals surface area contributed by atoms with Crippen LogP contribution in [0.5, 0.6) is 5.75 Å². The monoisotopic (exact) mass is 326 g/mol. The second-order valence-corrected chi connectivity index (χ2v) is 5.05. The van der Waals surface area contributed by atoms with Crippen molar-refractivity contribution < 1.29 is 9.13 Å². The van der Waals surface area contributed by atoms with E-state index in [1.54, 1.807) is 26.3 Å². The molecule has 0 unspecified atom stereocenters. The number of methoxy groups -OCH3 is 1. The van der Waals surface area contributed by atoms with Crippen LogP contribution in [0.1, 0.15) is 16.7 Å². The molecule has 24 heavy (non-hydrogen) atoms. The molecule has 0 fully saturated rings. The minimum Gasteiger partial charge on any atom is -0.497 e. The number of nitrogens with zero attached hydrogens (tertiary/aromatic N) is 2. The Labute approximate surface area is 140 Å². The number of benzene rings is 2. The molecule has 6 heteroatoms. The summed E-state index contributed by atoms with van der Waals surface area (Å²) >= 11 is 0. The van der Waals surface area contributed by atoms with Gasteiger partial charge in [-0.25, -0.2) is 4.39 Å². The van der Waals surface area contributed by atoms with Crippen molar-refractivity contribution in [3.8, 4) is 11.8 Å². The Morgan fingerprint density at radius 2 is 1.88 bits per heavy atom. The predicted molar refractivity (Wildman–Crippen MR) is 91.1 cm³/mol. The lowest BCUT2D eigenvalue weighted by Gasteiger charge is -2.12. The number of nitrogens with one attached hydrogen (secondary N) is 2. The Morgan fingerprint density at radius 3 is 2.46 bits per heavy atom. The molecule has 2 aromatic carbocycles. The highest BCUT2D eigenvalue weighted by molar-refractivity contribution is 5.79. The van der Waals surface area contributed by atoms with E-state index in [1.807, 2.05) is 30.3 Å². The average Bonchev–Trinajstić information content (AvgIpc) is 2.63. The van der Waals surface area contributed by atoms with E-state index in [0.717, 1.165) is 11.3 Å². The molecule has 0 amide bonds. The molecule has 0 bridgehead atoms. The third kappa shape index (κ3) is 4.71. The zero-order chi connectivity index (χ0) is 17.4. The molecule has 0 saturated carbocycles. The Balaban J connectivity index is 1.89. The van der Waals surface area contributed by atoms with Gasteiger partial charge in [0.15, 0.2) is 5.96 Å². The maximum Gasteiger partial charge on any atom is 0.191 e. The zero-order valence-electron chi connectivity index (χ0n) is 13.6. The van der Waals surface area contributed by atoms with E-state index in [0.29, 0.717) is 23.6 Å². The van der Waals surface area contributed by atoms with Gasteiger partial charge in [-0.1, -0.05) is 18.2 Å². The number of halogens is 1. The van der Waals surface area contributed by atoms with E-state index in [9.17, 15) is 4.39 Å². The number of hydrogen-bond donors (Lipinski definition) is 2. The van der Waals surface area contributed by atoms with Crippen molar-refractivity contribution in [3.05, 3.63) is 65.0 Å². The average molecular weight is 326 g/mol. The highest BCUT2D eigenvalue weighted by Gasteiger charge is 2.05. The first kappa shape index (κ1) is 17.3. The van der Waals surface area contributed by atoms with Gasteiger partial charge in [-0.15, -0.1) is 0 Å². The highest BCUT2D eigenvalue weighted by Crippen LogP contribution is 2.11. The van der Waals surface area contributed by atoms with Crippen LogP contribution in [0, 0.1) is 17.1 Å². The Kier molecular flexibility index (Phi) is 6.15. The van der Waals surface area contributed by atoms with Crippen LogP contribution in [-0.2, 0) is 13.1 Å². The van der Waals surface area contributed by atoms with Gasteiger partial charge in [0.1, 0.15) is 11.6 Å². The summed E-state index contributed by atoms with van der Waals surface area (Å²) in [5.41, 5.74) is 1.85. The molecule has 0 aliphatic heterocycles. The largest absolute Gasteiger partial charge is 0.497 e. The summed E-state index contributed by atoms with van der Waals surface area (Å²) in [7, 11) is 3.28.